The molecule has 14 heteroatoms. The van der Waals surface area contributed by atoms with Crippen LogP contribution < -0.4 is 19.7 Å². The van der Waals surface area contributed by atoms with Crippen molar-refractivity contribution in [1.82, 2.24) is 5.48 Å². The Morgan fingerprint density at radius 3 is 2.66 bits per heavy atom. The van der Waals surface area contributed by atoms with Gasteiger partial charge in [-0.15, -0.1) is 0 Å². The second-order valence-electron chi connectivity index (χ2n) is 9.39. The average molecular weight is 622 g/mol. The van der Waals surface area contributed by atoms with E-state index in [0.29, 0.717) is 40.4 Å². The normalized spacial score (nSPS) is 14.7. The first-order chi connectivity index (χ1) is 19.5. The summed E-state index contributed by atoms with van der Waals surface area (Å²) in [5, 5.41) is 2.34. The largest absolute Gasteiger partial charge is 0.748 e. The molecule has 0 spiro atoms. The van der Waals surface area contributed by atoms with Crippen LogP contribution in [-0.2, 0) is 31.1 Å². The molecule has 4 aromatic rings. The zero-order valence-corrected chi connectivity index (χ0v) is 24.5. The Balaban J connectivity index is 1.54. The molecule has 0 saturated heterocycles. The number of fused-ring (bicyclic) bond motifs is 4. The van der Waals surface area contributed by atoms with Crippen molar-refractivity contribution < 1.29 is 39.4 Å². The third kappa shape index (κ3) is 6.83. The van der Waals surface area contributed by atoms with E-state index in [4.69, 9.17) is 25.0 Å². The van der Waals surface area contributed by atoms with Crippen LogP contribution in [0, 0.1) is 0 Å². The minimum absolute atomic E-state index is 0.0780. The third-order valence-electron chi connectivity index (χ3n) is 6.44. The van der Waals surface area contributed by atoms with Gasteiger partial charge in [-0.05, 0) is 42.1 Å². The fourth-order valence-corrected chi connectivity index (χ4v) is 6.22. The summed E-state index contributed by atoms with van der Waals surface area (Å²) in [6.45, 7) is 2.51. The quantitative estimate of drug-likeness (QED) is 0.140. The Morgan fingerprint density at radius 1 is 1.07 bits per heavy atom. The lowest BCUT2D eigenvalue weighted by molar-refractivity contribution is -0.677. The smallest absolute Gasteiger partial charge is 0.379 e. The van der Waals surface area contributed by atoms with Crippen molar-refractivity contribution in [3.63, 3.8) is 0 Å². The number of halogens is 1. The maximum atomic E-state index is 12.2. The van der Waals surface area contributed by atoms with E-state index in [0.717, 1.165) is 16.3 Å². The first-order valence-corrected chi connectivity index (χ1v) is 16.5. The van der Waals surface area contributed by atoms with E-state index < -0.39 is 26.0 Å². The molecule has 41 heavy (non-hydrogen) atoms. The number of hydrogen-bond donors (Lipinski definition) is 1. The van der Waals surface area contributed by atoms with Gasteiger partial charge in [-0.25, -0.2) is 8.42 Å². The van der Waals surface area contributed by atoms with Crippen LogP contribution in [0.15, 0.2) is 64.9 Å². The highest BCUT2D eigenvalue weighted by molar-refractivity contribution is 7.86. The molecule has 2 heterocycles. The van der Waals surface area contributed by atoms with Gasteiger partial charge in [-0.1, -0.05) is 42.8 Å². The van der Waals surface area contributed by atoms with E-state index >= 15 is 0 Å². The van der Waals surface area contributed by atoms with Crippen molar-refractivity contribution in [2.24, 2.45) is 0 Å². The molecule has 3 aromatic carbocycles. The zero-order chi connectivity index (χ0) is 29.2. The minimum Gasteiger partial charge on any atom is -0.748 e. The molecule has 0 unspecified atom stereocenters. The maximum Gasteiger partial charge on any atom is 0.379 e. The number of benzene rings is 3. The standard InChI is InChI=1S/C27H28ClN3O8S2/c1-2-29-39-41(35,36)16-6-13-30-22-17-20(28)10-12-23(22)37-25(30)18-26-31(14-5-15-40(32,33)34)27-21-8-4-3-7-19(21)9-11-24(27)38-26/h3-4,7-12,17-18,29H,2,5-6,13-16H2,1H3. The molecule has 1 aliphatic heterocycles. The van der Waals surface area contributed by atoms with Gasteiger partial charge < -0.3 is 18.6 Å². The molecule has 1 N–H and O–H groups in total. The van der Waals surface area contributed by atoms with Gasteiger partial charge >= 0.3 is 5.89 Å². The zero-order valence-electron chi connectivity index (χ0n) is 22.1. The molecule has 5 rings (SSSR count). The number of nitrogens with zero attached hydrogens (tertiary/aromatic N) is 2. The van der Waals surface area contributed by atoms with Crippen LogP contribution in [0.4, 0.5) is 5.69 Å². The number of anilines is 1. The summed E-state index contributed by atoms with van der Waals surface area (Å²) in [6.07, 6.45) is 1.96. The van der Waals surface area contributed by atoms with E-state index in [1.165, 1.54) is 0 Å². The molecular weight excluding hydrogens is 594 g/mol. The monoisotopic (exact) mass is 621 g/mol. The van der Waals surface area contributed by atoms with Crippen LogP contribution in [0.5, 0.6) is 5.75 Å². The predicted molar refractivity (Wildman–Crippen MR) is 154 cm³/mol. The summed E-state index contributed by atoms with van der Waals surface area (Å²) < 4.78 is 77.3. The van der Waals surface area contributed by atoms with E-state index in [9.17, 15) is 21.4 Å². The third-order valence-corrected chi connectivity index (χ3v) is 8.62. The van der Waals surface area contributed by atoms with Gasteiger partial charge in [0, 0.05) is 30.3 Å². The van der Waals surface area contributed by atoms with E-state index in [1.54, 1.807) is 36.1 Å². The topological polar surface area (TPSA) is 142 Å². The number of oxazole rings is 1. The molecule has 11 nitrogen and oxygen atoms in total. The molecule has 0 bridgehead atoms. The van der Waals surface area contributed by atoms with Crippen LogP contribution in [0.3, 0.4) is 0 Å². The lowest BCUT2D eigenvalue weighted by atomic mass is 10.1. The lowest BCUT2D eigenvalue weighted by Crippen LogP contribution is -2.37. The van der Waals surface area contributed by atoms with Crippen molar-refractivity contribution in [1.29, 1.82) is 0 Å². The van der Waals surface area contributed by atoms with E-state index in [2.05, 4.69) is 5.48 Å². The van der Waals surface area contributed by atoms with Gasteiger partial charge in [-0.3, -0.25) is 0 Å². The van der Waals surface area contributed by atoms with Crippen LogP contribution in [0.25, 0.3) is 27.9 Å². The minimum atomic E-state index is -4.40. The number of hydroxylamine groups is 1. The second-order valence-corrected chi connectivity index (χ2v) is 13.0. The van der Waals surface area contributed by atoms with E-state index in [1.807, 2.05) is 41.0 Å². The van der Waals surface area contributed by atoms with Crippen LogP contribution in [-0.4, -0.2) is 46.0 Å². The lowest BCUT2D eigenvalue weighted by Gasteiger charge is -2.18. The number of aryl methyl sites for hydroxylation is 1. The van der Waals surface area contributed by atoms with Crippen molar-refractivity contribution in [3.05, 3.63) is 71.4 Å². The molecule has 0 aliphatic carbocycles. The SMILES string of the molecule is CCNOS(=O)(=O)CCCN1C(=Cc2oc3ccc4ccccc4c3[n+]2CCCS(=O)(=O)[O-])Oc2ccc(Cl)cc21. The number of nitrogens with one attached hydrogen (secondary N) is 1. The molecule has 1 aromatic heterocycles. The second kappa shape index (κ2) is 12.0. The van der Waals surface area contributed by atoms with Gasteiger partial charge in [0.2, 0.25) is 11.5 Å². The first kappa shape index (κ1) is 29.3. The average Bonchev–Trinajstić information content (AvgIpc) is 3.44. The molecule has 0 amide bonds. The molecule has 1 aliphatic rings. The van der Waals surface area contributed by atoms with Gasteiger partial charge in [0.05, 0.1) is 26.9 Å². The summed E-state index contributed by atoms with van der Waals surface area (Å²) in [5.41, 5.74) is 4.33. The molecule has 0 fully saturated rings. The number of hydrogen-bond acceptors (Lipinski definition) is 10. The summed E-state index contributed by atoms with van der Waals surface area (Å²) in [4.78, 5) is 1.79. The highest BCUT2D eigenvalue weighted by atomic mass is 35.5. The summed E-state index contributed by atoms with van der Waals surface area (Å²) in [6, 6.07) is 16.6. The molecule has 0 atom stereocenters. The van der Waals surface area contributed by atoms with Gasteiger partial charge in [0.25, 0.3) is 15.6 Å². The van der Waals surface area contributed by atoms with Crippen LogP contribution >= 0.6 is 11.6 Å². The fourth-order valence-electron chi connectivity index (χ4n) is 4.71. The van der Waals surface area contributed by atoms with E-state index in [-0.39, 0.29) is 31.7 Å². The number of rotatable bonds is 12. The highest BCUT2D eigenvalue weighted by Gasteiger charge is 2.31. The Kier molecular flexibility index (Phi) is 8.55. The van der Waals surface area contributed by atoms with Crippen molar-refractivity contribution in [2.75, 3.05) is 29.5 Å². The maximum absolute atomic E-state index is 12.2. The van der Waals surface area contributed by atoms with Crippen molar-refractivity contribution >= 4 is 65.5 Å². The van der Waals surface area contributed by atoms with Crippen LogP contribution in [0.2, 0.25) is 5.02 Å². The Morgan fingerprint density at radius 2 is 1.88 bits per heavy atom. The Labute approximate surface area is 242 Å². The predicted octanol–water partition coefficient (Wildman–Crippen LogP) is 3.92. The van der Waals surface area contributed by atoms with Gasteiger partial charge in [0.1, 0.15) is 6.08 Å². The molecular formula is C27H28ClN3O8S2. The molecule has 218 valence electrons. The Bertz CT molecular complexity index is 1840. The van der Waals surface area contributed by atoms with Gasteiger partial charge in [0.15, 0.2) is 12.3 Å². The number of ether oxygens (including phenoxy) is 1. The summed E-state index contributed by atoms with van der Waals surface area (Å²) in [7, 11) is -8.19. The van der Waals surface area contributed by atoms with Crippen molar-refractivity contribution in [2.45, 2.75) is 26.3 Å². The number of aromatic nitrogens is 1. The fraction of sp³-hybridized carbons (Fsp3) is 0.296. The van der Waals surface area contributed by atoms with Crippen LogP contribution in [0.1, 0.15) is 25.7 Å². The van der Waals surface area contributed by atoms with Gasteiger partial charge in [-0.2, -0.15) is 22.7 Å². The summed E-state index contributed by atoms with van der Waals surface area (Å²) >= 11 is 6.27. The first-order valence-electron chi connectivity index (χ1n) is 12.9. The Hall–Kier alpha value is -3.20. The molecule has 0 radical (unpaired) electrons. The molecule has 0 saturated carbocycles. The highest BCUT2D eigenvalue weighted by Crippen LogP contribution is 2.41. The summed E-state index contributed by atoms with van der Waals surface area (Å²) in [5.74, 6) is 0.490. The van der Waals surface area contributed by atoms with Crippen molar-refractivity contribution in [3.8, 4) is 5.75 Å².